The molecule has 0 radical (unpaired) electrons. The lowest BCUT2D eigenvalue weighted by atomic mass is 10.2. The third-order valence-electron chi connectivity index (χ3n) is 2.35. The average molecular weight is 296 g/mol. The Balaban J connectivity index is 2.35. The molecule has 0 amide bonds. The van der Waals surface area contributed by atoms with Crippen LogP contribution in [0, 0.1) is 12.7 Å². The second-order valence-corrected chi connectivity index (χ2v) is 4.59. The summed E-state index contributed by atoms with van der Waals surface area (Å²) in [6.07, 6.45) is 0. The molecule has 0 aromatic heterocycles. The van der Waals surface area contributed by atoms with Crippen LogP contribution in [0.2, 0.25) is 0 Å². The molecule has 2 nitrogen and oxygen atoms in total. The largest absolute Gasteiger partial charge is 0.452 e. The molecule has 88 valence electrons. The van der Waals surface area contributed by atoms with Crippen molar-refractivity contribution in [1.29, 1.82) is 0 Å². The standard InChI is InChI=1S/C13H11BrFNO/c1-8-3-2-4-12(13(8)15)17-11-6-5-9(14)7-10(11)16/h2-7H,16H2,1H3. The Morgan fingerprint density at radius 2 is 1.94 bits per heavy atom. The Morgan fingerprint density at radius 1 is 1.18 bits per heavy atom. The molecule has 2 N–H and O–H groups in total. The first-order valence-corrected chi connectivity index (χ1v) is 5.85. The van der Waals surface area contributed by atoms with E-state index in [-0.39, 0.29) is 11.6 Å². The van der Waals surface area contributed by atoms with Crippen LogP contribution in [-0.2, 0) is 0 Å². The van der Waals surface area contributed by atoms with Crippen molar-refractivity contribution in [2.45, 2.75) is 6.92 Å². The lowest BCUT2D eigenvalue weighted by Crippen LogP contribution is -1.94. The summed E-state index contributed by atoms with van der Waals surface area (Å²) in [4.78, 5) is 0. The second kappa shape index (κ2) is 4.75. The molecular weight excluding hydrogens is 285 g/mol. The summed E-state index contributed by atoms with van der Waals surface area (Å²) in [7, 11) is 0. The maximum atomic E-state index is 13.7. The van der Waals surface area contributed by atoms with Gasteiger partial charge in [0.1, 0.15) is 0 Å². The normalized spacial score (nSPS) is 10.3. The number of nitrogens with two attached hydrogens (primary N) is 1. The van der Waals surface area contributed by atoms with E-state index in [4.69, 9.17) is 10.5 Å². The molecule has 2 aromatic rings. The topological polar surface area (TPSA) is 35.2 Å². The van der Waals surface area contributed by atoms with E-state index < -0.39 is 0 Å². The molecule has 0 spiro atoms. The number of aryl methyl sites for hydroxylation is 1. The van der Waals surface area contributed by atoms with Crippen LogP contribution in [-0.4, -0.2) is 0 Å². The molecule has 0 aliphatic carbocycles. The van der Waals surface area contributed by atoms with Gasteiger partial charge in [0.2, 0.25) is 0 Å². The van der Waals surface area contributed by atoms with Gasteiger partial charge in [0, 0.05) is 4.47 Å². The van der Waals surface area contributed by atoms with Crippen molar-refractivity contribution in [1.82, 2.24) is 0 Å². The van der Waals surface area contributed by atoms with Gasteiger partial charge < -0.3 is 10.5 Å². The van der Waals surface area contributed by atoms with E-state index in [1.807, 2.05) is 0 Å². The highest BCUT2D eigenvalue weighted by Crippen LogP contribution is 2.31. The summed E-state index contributed by atoms with van der Waals surface area (Å²) in [5.74, 6) is 0.256. The third-order valence-corrected chi connectivity index (χ3v) is 2.84. The van der Waals surface area contributed by atoms with Gasteiger partial charge in [0.05, 0.1) is 5.69 Å². The van der Waals surface area contributed by atoms with Crippen molar-refractivity contribution < 1.29 is 9.13 Å². The van der Waals surface area contributed by atoms with Crippen LogP contribution in [0.5, 0.6) is 11.5 Å². The fourth-order valence-electron chi connectivity index (χ4n) is 1.43. The molecule has 2 rings (SSSR count). The zero-order chi connectivity index (χ0) is 12.4. The van der Waals surface area contributed by atoms with Crippen molar-refractivity contribution in [2.24, 2.45) is 0 Å². The molecule has 0 fully saturated rings. The Hall–Kier alpha value is -1.55. The highest BCUT2D eigenvalue weighted by Gasteiger charge is 2.08. The third kappa shape index (κ3) is 2.58. The maximum Gasteiger partial charge on any atom is 0.168 e. The fraction of sp³-hybridized carbons (Fsp3) is 0.0769. The molecule has 4 heteroatoms. The molecule has 0 aliphatic rings. The molecule has 17 heavy (non-hydrogen) atoms. The second-order valence-electron chi connectivity index (χ2n) is 3.67. The van der Waals surface area contributed by atoms with Gasteiger partial charge in [-0.2, -0.15) is 0 Å². The minimum absolute atomic E-state index is 0.180. The van der Waals surface area contributed by atoms with Crippen LogP contribution < -0.4 is 10.5 Å². The van der Waals surface area contributed by atoms with E-state index in [1.165, 1.54) is 0 Å². The minimum atomic E-state index is -0.366. The van der Waals surface area contributed by atoms with Crippen molar-refractivity contribution in [2.75, 3.05) is 5.73 Å². The van der Waals surface area contributed by atoms with Gasteiger partial charge >= 0.3 is 0 Å². The van der Waals surface area contributed by atoms with Gasteiger partial charge in [-0.25, -0.2) is 4.39 Å². The number of ether oxygens (including phenoxy) is 1. The van der Waals surface area contributed by atoms with E-state index >= 15 is 0 Å². The quantitative estimate of drug-likeness (QED) is 0.840. The smallest absolute Gasteiger partial charge is 0.168 e. The van der Waals surface area contributed by atoms with Crippen molar-refractivity contribution in [3.05, 3.63) is 52.3 Å². The predicted octanol–water partition coefficient (Wildman–Crippen LogP) is 4.27. The zero-order valence-corrected chi connectivity index (χ0v) is 10.8. The lowest BCUT2D eigenvalue weighted by Gasteiger charge is -2.10. The van der Waals surface area contributed by atoms with Crippen molar-refractivity contribution >= 4 is 21.6 Å². The zero-order valence-electron chi connectivity index (χ0n) is 9.21. The van der Waals surface area contributed by atoms with E-state index in [9.17, 15) is 4.39 Å². The first-order chi connectivity index (χ1) is 8.08. The highest BCUT2D eigenvalue weighted by atomic mass is 79.9. The van der Waals surface area contributed by atoms with E-state index in [0.717, 1.165) is 4.47 Å². The fourth-order valence-corrected chi connectivity index (χ4v) is 1.81. The SMILES string of the molecule is Cc1cccc(Oc2ccc(Br)cc2N)c1F. The van der Waals surface area contributed by atoms with E-state index in [2.05, 4.69) is 15.9 Å². The Labute approximate surface area is 107 Å². The minimum Gasteiger partial charge on any atom is -0.452 e. The van der Waals surface area contributed by atoms with Crippen LogP contribution in [0.15, 0.2) is 40.9 Å². The van der Waals surface area contributed by atoms with Gasteiger partial charge in [-0.3, -0.25) is 0 Å². The van der Waals surface area contributed by atoms with Gasteiger partial charge in [0.15, 0.2) is 17.3 Å². The van der Waals surface area contributed by atoms with Crippen molar-refractivity contribution in [3.63, 3.8) is 0 Å². The van der Waals surface area contributed by atoms with Gasteiger partial charge in [-0.05, 0) is 36.8 Å². The summed E-state index contributed by atoms with van der Waals surface area (Å²) in [5.41, 5.74) is 6.78. The number of hydrogen-bond acceptors (Lipinski definition) is 2. The van der Waals surface area contributed by atoms with Crippen LogP contribution in [0.25, 0.3) is 0 Å². The predicted molar refractivity (Wildman–Crippen MR) is 69.8 cm³/mol. The van der Waals surface area contributed by atoms with Crippen LogP contribution in [0.1, 0.15) is 5.56 Å². The average Bonchev–Trinajstić information content (AvgIpc) is 2.28. The Morgan fingerprint density at radius 3 is 2.65 bits per heavy atom. The van der Waals surface area contributed by atoms with Gasteiger partial charge in [0.25, 0.3) is 0 Å². The summed E-state index contributed by atoms with van der Waals surface area (Å²) in [5, 5.41) is 0. The first kappa shape index (κ1) is 11.9. The first-order valence-electron chi connectivity index (χ1n) is 5.06. The number of rotatable bonds is 2. The molecule has 0 saturated carbocycles. The molecule has 0 heterocycles. The number of benzene rings is 2. The van der Waals surface area contributed by atoms with Gasteiger partial charge in [-0.15, -0.1) is 0 Å². The number of nitrogen functional groups attached to an aromatic ring is 1. The molecular formula is C13H11BrFNO. The van der Waals surface area contributed by atoms with Gasteiger partial charge in [-0.1, -0.05) is 28.1 Å². The summed E-state index contributed by atoms with van der Waals surface area (Å²) >= 11 is 3.30. The van der Waals surface area contributed by atoms with E-state index in [1.54, 1.807) is 43.3 Å². The molecule has 0 unspecified atom stereocenters. The summed E-state index contributed by atoms with van der Waals surface area (Å²) < 4.78 is 20.0. The van der Waals surface area contributed by atoms with Crippen LogP contribution >= 0.6 is 15.9 Å². The number of hydrogen-bond donors (Lipinski definition) is 1. The Bertz CT molecular complexity index is 557. The van der Waals surface area contributed by atoms with Crippen LogP contribution in [0.3, 0.4) is 0 Å². The molecule has 0 bridgehead atoms. The molecule has 2 aromatic carbocycles. The summed E-state index contributed by atoms with van der Waals surface area (Å²) in [6.45, 7) is 1.69. The van der Waals surface area contributed by atoms with Crippen LogP contribution in [0.4, 0.5) is 10.1 Å². The molecule has 0 atom stereocenters. The number of anilines is 1. The summed E-state index contributed by atoms with van der Waals surface area (Å²) in [6, 6.07) is 10.2. The lowest BCUT2D eigenvalue weighted by molar-refractivity contribution is 0.442. The molecule has 0 saturated heterocycles. The number of halogens is 2. The Kier molecular flexibility index (Phi) is 3.33. The monoisotopic (exact) mass is 295 g/mol. The highest BCUT2D eigenvalue weighted by molar-refractivity contribution is 9.10. The molecule has 0 aliphatic heterocycles. The maximum absolute atomic E-state index is 13.7. The van der Waals surface area contributed by atoms with Crippen molar-refractivity contribution in [3.8, 4) is 11.5 Å². The van der Waals surface area contributed by atoms with E-state index in [0.29, 0.717) is 17.0 Å².